The largest absolute Gasteiger partial charge is 0.478 e. The minimum absolute atomic E-state index is 0.0462. The fourth-order valence-corrected chi connectivity index (χ4v) is 4.46. The summed E-state index contributed by atoms with van der Waals surface area (Å²) in [6, 6.07) is 0. The minimum atomic E-state index is -1.14. The van der Waals surface area contributed by atoms with E-state index in [9.17, 15) is 14.7 Å². The molecular formula is C17H26O5. The number of aliphatic carboxylic acids is 1. The molecule has 5 nitrogen and oxygen atoms in total. The molecule has 0 heterocycles. The SMILES string of the molecule is C=C(C(=O)O)[C@@H]1CC[C@@]2(C)CC[C@@H](OC(C)=O)[C@@](C)(O)[C@@H]2C1. The van der Waals surface area contributed by atoms with Crippen LogP contribution < -0.4 is 0 Å². The van der Waals surface area contributed by atoms with Gasteiger partial charge in [0, 0.05) is 12.5 Å². The Morgan fingerprint density at radius 2 is 1.82 bits per heavy atom. The predicted octanol–water partition coefficient (Wildman–Crippen LogP) is 2.53. The summed E-state index contributed by atoms with van der Waals surface area (Å²) in [4.78, 5) is 22.5. The van der Waals surface area contributed by atoms with Crippen LogP contribution in [0.15, 0.2) is 12.2 Å². The van der Waals surface area contributed by atoms with Crippen molar-refractivity contribution in [2.24, 2.45) is 17.3 Å². The number of ether oxygens (including phenoxy) is 1. The summed E-state index contributed by atoms with van der Waals surface area (Å²) in [5, 5.41) is 20.2. The first-order valence-electron chi connectivity index (χ1n) is 7.89. The summed E-state index contributed by atoms with van der Waals surface area (Å²) in [6.07, 6.45) is 3.21. The molecule has 0 aliphatic heterocycles. The highest BCUT2D eigenvalue weighted by Gasteiger charge is 2.56. The second-order valence-corrected chi connectivity index (χ2v) is 7.37. The molecule has 2 rings (SSSR count). The number of esters is 1. The lowest BCUT2D eigenvalue weighted by Crippen LogP contribution is -2.59. The van der Waals surface area contributed by atoms with E-state index in [-0.39, 0.29) is 22.8 Å². The number of carbonyl (C=O) groups is 2. The summed E-state index contributed by atoms with van der Waals surface area (Å²) < 4.78 is 5.32. The van der Waals surface area contributed by atoms with E-state index in [2.05, 4.69) is 13.5 Å². The smallest absolute Gasteiger partial charge is 0.331 e. The molecular weight excluding hydrogens is 284 g/mol. The second-order valence-electron chi connectivity index (χ2n) is 7.37. The first-order valence-corrected chi connectivity index (χ1v) is 7.89. The highest BCUT2D eigenvalue weighted by Crippen LogP contribution is 2.56. The number of rotatable bonds is 3. The van der Waals surface area contributed by atoms with E-state index in [4.69, 9.17) is 9.84 Å². The summed E-state index contributed by atoms with van der Waals surface area (Å²) in [6.45, 7) is 8.90. The zero-order valence-corrected chi connectivity index (χ0v) is 13.6. The molecule has 0 aromatic carbocycles. The maximum atomic E-state index is 11.3. The number of carboxylic acids is 1. The van der Waals surface area contributed by atoms with Gasteiger partial charge >= 0.3 is 11.9 Å². The molecule has 0 amide bonds. The molecule has 124 valence electrons. The number of hydrogen-bond acceptors (Lipinski definition) is 4. The fourth-order valence-electron chi connectivity index (χ4n) is 4.46. The topological polar surface area (TPSA) is 83.8 Å². The number of hydrogen-bond donors (Lipinski definition) is 2. The van der Waals surface area contributed by atoms with E-state index in [1.807, 2.05) is 0 Å². The van der Waals surface area contributed by atoms with E-state index in [0.717, 1.165) is 19.3 Å². The van der Waals surface area contributed by atoms with E-state index in [1.54, 1.807) is 6.92 Å². The van der Waals surface area contributed by atoms with Crippen molar-refractivity contribution >= 4 is 11.9 Å². The third-order valence-corrected chi connectivity index (χ3v) is 5.84. The van der Waals surface area contributed by atoms with Crippen LogP contribution in [0.2, 0.25) is 0 Å². The van der Waals surface area contributed by atoms with E-state index < -0.39 is 23.6 Å². The molecule has 0 aromatic heterocycles. The van der Waals surface area contributed by atoms with Crippen molar-refractivity contribution in [3.05, 3.63) is 12.2 Å². The minimum Gasteiger partial charge on any atom is -0.478 e. The second kappa shape index (κ2) is 5.69. The molecule has 2 aliphatic rings. The van der Waals surface area contributed by atoms with Crippen LogP contribution in [0, 0.1) is 17.3 Å². The molecule has 0 unspecified atom stereocenters. The summed E-state index contributed by atoms with van der Waals surface area (Å²) in [5.74, 6) is -1.59. The van der Waals surface area contributed by atoms with Crippen molar-refractivity contribution in [2.75, 3.05) is 0 Å². The van der Waals surface area contributed by atoms with Gasteiger partial charge in [-0.2, -0.15) is 0 Å². The molecule has 0 aromatic rings. The number of fused-ring (bicyclic) bond motifs is 1. The Hall–Kier alpha value is -1.36. The first-order chi connectivity index (χ1) is 10.1. The molecule has 22 heavy (non-hydrogen) atoms. The van der Waals surface area contributed by atoms with Crippen molar-refractivity contribution < 1.29 is 24.5 Å². The Kier molecular flexibility index (Phi) is 4.39. The zero-order chi connectivity index (χ0) is 16.7. The maximum Gasteiger partial charge on any atom is 0.331 e. The zero-order valence-electron chi connectivity index (χ0n) is 13.6. The van der Waals surface area contributed by atoms with Gasteiger partial charge < -0.3 is 14.9 Å². The standard InChI is InChI=1S/C17H26O5/c1-10(15(19)20)12-5-7-16(3)8-6-14(22-11(2)18)17(4,21)13(16)9-12/h12-14,21H,1,5-9H2,2-4H3,(H,19,20)/t12-,13-,14-,16+,17+/m1/s1. The average molecular weight is 310 g/mol. The number of carboxylic acid groups (broad SMARTS) is 1. The van der Waals surface area contributed by atoms with Gasteiger partial charge in [0.25, 0.3) is 0 Å². The molecule has 2 fully saturated rings. The van der Waals surface area contributed by atoms with Crippen LogP contribution in [-0.2, 0) is 14.3 Å². The number of carbonyl (C=O) groups excluding carboxylic acids is 1. The van der Waals surface area contributed by atoms with Gasteiger partial charge in [-0.1, -0.05) is 13.5 Å². The Balaban J connectivity index is 2.24. The van der Waals surface area contributed by atoms with E-state index in [0.29, 0.717) is 12.8 Å². The monoisotopic (exact) mass is 310 g/mol. The van der Waals surface area contributed by atoms with Crippen molar-refractivity contribution in [3.8, 4) is 0 Å². The van der Waals surface area contributed by atoms with Crippen LogP contribution in [0.4, 0.5) is 0 Å². The van der Waals surface area contributed by atoms with Gasteiger partial charge in [-0.15, -0.1) is 0 Å². The van der Waals surface area contributed by atoms with Gasteiger partial charge in [-0.05, 0) is 56.3 Å². The number of aliphatic hydroxyl groups is 1. The fraction of sp³-hybridized carbons (Fsp3) is 0.765. The molecule has 0 radical (unpaired) electrons. The summed E-state index contributed by atoms with van der Waals surface area (Å²) >= 11 is 0. The van der Waals surface area contributed by atoms with Crippen molar-refractivity contribution in [1.82, 2.24) is 0 Å². The predicted molar refractivity (Wildman–Crippen MR) is 81.1 cm³/mol. The van der Waals surface area contributed by atoms with Crippen LogP contribution in [0.25, 0.3) is 0 Å². The summed E-state index contributed by atoms with van der Waals surface area (Å²) in [7, 11) is 0. The lowest BCUT2D eigenvalue weighted by molar-refractivity contribution is -0.203. The van der Waals surface area contributed by atoms with Crippen molar-refractivity contribution in [1.29, 1.82) is 0 Å². The maximum absolute atomic E-state index is 11.3. The average Bonchev–Trinajstić information content (AvgIpc) is 2.41. The van der Waals surface area contributed by atoms with Gasteiger partial charge in [0.2, 0.25) is 0 Å². The summed E-state index contributed by atoms with van der Waals surface area (Å²) in [5.41, 5.74) is -0.974. The molecule has 0 saturated heterocycles. The first kappa shape index (κ1) is 17.0. The van der Waals surface area contributed by atoms with Crippen LogP contribution in [0.5, 0.6) is 0 Å². The molecule has 2 aliphatic carbocycles. The highest BCUT2D eigenvalue weighted by molar-refractivity contribution is 5.86. The van der Waals surface area contributed by atoms with Crippen LogP contribution in [0.3, 0.4) is 0 Å². The lowest BCUT2D eigenvalue weighted by atomic mass is 9.52. The highest BCUT2D eigenvalue weighted by atomic mass is 16.6. The molecule has 0 spiro atoms. The van der Waals surface area contributed by atoms with Crippen LogP contribution >= 0.6 is 0 Å². The quantitative estimate of drug-likeness (QED) is 0.618. The molecule has 5 heteroatoms. The van der Waals surface area contributed by atoms with Gasteiger partial charge in [-0.3, -0.25) is 4.79 Å². The molecule has 2 N–H and O–H groups in total. The Morgan fingerprint density at radius 3 is 2.36 bits per heavy atom. The van der Waals surface area contributed by atoms with Gasteiger partial charge in [0.15, 0.2) is 0 Å². The van der Waals surface area contributed by atoms with Gasteiger partial charge in [-0.25, -0.2) is 4.79 Å². The third kappa shape index (κ3) is 2.91. The van der Waals surface area contributed by atoms with Crippen LogP contribution in [0.1, 0.15) is 52.9 Å². The Morgan fingerprint density at radius 1 is 1.23 bits per heavy atom. The Bertz CT molecular complexity index is 495. The third-order valence-electron chi connectivity index (χ3n) is 5.84. The lowest BCUT2D eigenvalue weighted by Gasteiger charge is -2.56. The molecule has 2 saturated carbocycles. The van der Waals surface area contributed by atoms with Crippen LogP contribution in [-0.4, -0.2) is 33.9 Å². The van der Waals surface area contributed by atoms with Gasteiger partial charge in [0.05, 0.1) is 0 Å². The van der Waals surface area contributed by atoms with Crippen molar-refractivity contribution in [3.63, 3.8) is 0 Å². The molecule has 5 atom stereocenters. The normalized spacial score (nSPS) is 41.4. The van der Waals surface area contributed by atoms with Gasteiger partial charge in [0.1, 0.15) is 11.7 Å². The Labute approximate surface area is 131 Å². The molecule has 0 bridgehead atoms. The van der Waals surface area contributed by atoms with E-state index in [1.165, 1.54) is 6.92 Å². The van der Waals surface area contributed by atoms with E-state index >= 15 is 0 Å². The van der Waals surface area contributed by atoms with Crippen molar-refractivity contribution in [2.45, 2.75) is 64.6 Å².